The first kappa shape index (κ1) is 14.0. The average molecular weight is 284 g/mol. The van der Waals surface area contributed by atoms with Crippen molar-refractivity contribution in [3.05, 3.63) is 18.2 Å². The summed E-state index contributed by atoms with van der Waals surface area (Å²) in [5, 5.41) is 18.1. The van der Waals surface area contributed by atoms with Crippen LogP contribution in [-0.4, -0.2) is 41.3 Å². The molecule has 0 bridgehead atoms. The quantitative estimate of drug-likeness (QED) is 0.803. The number of hydrogen-bond acceptors (Lipinski definition) is 5. The molecule has 0 spiro atoms. The second-order valence-electron chi connectivity index (χ2n) is 4.22. The molecule has 104 valence electrons. The highest BCUT2D eigenvalue weighted by molar-refractivity contribution is 7.99. The number of rotatable bonds is 5. The molecule has 1 unspecified atom stereocenters. The zero-order valence-corrected chi connectivity index (χ0v) is 11.2. The number of ether oxygens (including phenoxy) is 2. The maximum Gasteiger partial charge on any atom is 0.306 e. The molecule has 0 radical (unpaired) electrons. The third kappa shape index (κ3) is 4.33. The Balaban J connectivity index is 1.94. The van der Waals surface area contributed by atoms with E-state index < -0.39 is 12.1 Å². The Kier molecular flexibility index (Phi) is 4.93. The first-order chi connectivity index (χ1) is 9.15. The van der Waals surface area contributed by atoms with Crippen molar-refractivity contribution in [2.75, 3.05) is 19.0 Å². The lowest BCUT2D eigenvalue weighted by atomic mass is 10.3. The van der Waals surface area contributed by atoms with Gasteiger partial charge in [0.15, 0.2) is 11.5 Å². The van der Waals surface area contributed by atoms with E-state index in [2.05, 4.69) is 0 Å². The van der Waals surface area contributed by atoms with E-state index in [-0.39, 0.29) is 6.42 Å². The molecule has 1 atom stereocenters. The summed E-state index contributed by atoms with van der Waals surface area (Å²) in [6, 6.07) is 5.58. The molecule has 1 aliphatic rings. The first-order valence-corrected chi connectivity index (χ1v) is 7.06. The molecule has 0 fully saturated rings. The molecule has 2 rings (SSSR count). The van der Waals surface area contributed by atoms with Crippen molar-refractivity contribution in [2.45, 2.75) is 23.8 Å². The van der Waals surface area contributed by atoms with Gasteiger partial charge in [0.05, 0.1) is 25.7 Å². The smallest absolute Gasteiger partial charge is 0.306 e. The molecule has 1 aromatic rings. The summed E-state index contributed by atoms with van der Waals surface area (Å²) < 4.78 is 11.1. The number of fused-ring (bicyclic) bond motifs is 1. The van der Waals surface area contributed by atoms with E-state index in [1.165, 1.54) is 11.8 Å². The molecular weight excluding hydrogens is 268 g/mol. The Morgan fingerprint density at radius 3 is 2.79 bits per heavy atom. The van der Waals surface area contributed by atoms with Gasteiger partial charge in [-0.25, -0.2) is 0 Å². The van der Waals surface area contributed by atoms with Gasteiger partial charge in [-0.1, -0.05) is 0 Å². The third-order valence-electron chi connectivity index (χ3n) is 2.57. The molecule has 0 saturated carbocycles. The maximum atomic E-state index is 10.4. The van der Waals surface area contributed by atoms with E-state index in [9.17, 15) is 9.90 Å². The Bertz CT molecular complexity index is 449. The van der Waals surface area contributed by atoms with Gasteiger partial charge in [-0.15, -0.1) is 11.8 Å². The molecule has 1 aromatic carbocycles. The van der Waals surface area contributed by atoms with Crippen LogP contribution in [0.3, 0.4) is 0 Å². The number of benzene rings is 1. The second-order valence-corrected chi connectivity index (χ2v) is 5.32. The van der Waals surface area contributed by atoms with Crippen LogP contribution in [-0.2, 0) is 4.79 Å². The SMILES string of the molecule is O=C(O)CC(O)CSc1ccc2c(c1)OCCCO2. The lowest BCUT2D eigenvalue weighted by molar-refractivity contribution is -0.138. The third-order valence-corrected chi connectivity index (χ3v) is 3.71. The zero-order chi connectivity index (χ0) is 13.7. The number of hydrogen-bond donors (Lipinski definition) is 2. The van der Waals surface area contributed by atoms with Crippen LogP contribution in [0.4, 0.5) is 0 Å². The fourth-order valence-corrected chi connectivity index (χ4v) is 2.54. The minimum atomic E-state index is -0.994. The van der Waals surface area contributed by atoms with Crippen molar-refractivity contribution in [3.63, 3.8) is 0 Å². The molecule has 0 aromatic heterocycles. The number of aliphatic hydroxyl groups is 1. The van der Waals surface area contributed by atoms with Crippen LogP contribution >= 0.6 is 11.8 Å². The summed E-state index contributed by atoms with van der Waals surface area (Å²) in [6.45, 7) is 1.28. The highest BCUT2D eigenvalue weighted by Gasteiger charge is 2.13. The number of carboxylic acid groups (broad SMARTS) is 1. The van der Waals surface area contributed by atoms with E-state index in [0.717, 1.165) is 17.1 Å². The predicted molar refractivity (Wildman–Crippen MR) is 71.0 cm³/mol. The van der Waals surface area contributed by atoms with Crippen LogP contribution in [0, 0.1) is 0 Å². The molecule has 6 heteroatoms. The molecule has 0 aliphatic carbocycles. The van der Waals surface area contributed by atoms with Crippen LogP contribution in [0.2, 0.25) is 0 Å². The van der Waals surface area contributed by atoms with Gasteiger partial charge in [-0.3, -0.25) is 4.79 Å². The van der Waals surface area contributed by atoms with Gasteiger partial charge in [0.2, 0.25) is 0 Å². The summed E-state index contributed by atoms with van der Waals surface area (Å²) in [6.07, 6.45) is -0.232. The lowest BCUT2D eigenvalue weighted by Crippen LogP contribution is -2.15. The van der Waals surface area contributed by atoms with Gasteiger partial charge < -0.3 is 19.7 Å². The minimum Gasteiger partial charge on any atom is -0.490 e. The summed E-state index contributed by atoms with van der Waals surface area (Å²) in [5.41, 5.74) is 0. The van der Waals surface area contributed by atoms with Gasteiger partial charge >= 0.3 is 5.97 Å². The fraction of sp³-hybridized carbons (Fsp3) is 0.462. The van der Waals surface area contributed by atoms with Gasteiger partial charge in [0.1, 0.15) is 0 Å². The van der Waals surface area contributed by atoms with Crippen LogP contribution in [0.1, 0.15) is 12.8 Å². The number of aliphatic hydroxyl groups excluding tert-OH is 1. The number of carbonyl (C=O) groups is 1. The Hall–Kier alpha value is -1.40. The van der Waals surface area contributed by atoms with Gasteiger partial charge in [0, 0.05) is 17.1 Å². The number of aliphatic carboxylic acids is 1. The molecular formula is C13H16O5S. The van der Waals surface area contributed by atoms with Crippen LogP contribution in [0.15, 0.2) is 23.1 Å². The topological polar surface area (TPSA) is 76.0 Å². The Labute approximate surface area is 115 Å². The Morgan fingerprint density at radius 2 is 2.05 bits per heavy atom. The van der Waals surface area contributed by atoms with E-state index in [0.29, 0.717) is 24.7 Å². The van der Waals surface area contributed by atoms with Crippen LogP contribution in [0.25, 0.3) is 0 Å². The molecule has 5 nitrogen and oxygen atoms in total. The summed E-state index contributed by atoms with van der Waals surface area (Å²) in [5.74, 6) is 0.779. The highest BCUT2D eigenvalue weighted by Crippen LogP contribution is 2.34. The molecule has 19 heavy (non-hydrogen) atoms. The lowest BCUT2D eigenvalue weighted by Gasteiger charge is -2.10. The molecule has 2 N–H and O–H groups in total. The van der Waals surface area contributed by atoms with Gasteiger partial charge in [-0.2, -0.15) is 0 Å². The van der Waals surface area contributed by atoms with E-state index in [1.54, 1.807) is 0 Å². The summed E-state index contributed by atoms with van der Waals surface area (Å²) in [4.78, 5) is 11.4. The summed E-state index contributed by atoms with van der Waals surface area (Å²) >= 11 is 1.40. The van der Waals surface area contributed by atoms with Crippen molar-refractivity contribution >= 4 is 17.7 Å². The molecule has 1 heterocycles. The predicted octanol–water partition coefficient (Wildman–Crippen LogP) is 1.78. The monoisotopic (exact) mass is 284 g/mol. The molecule has 1 aliphatic heterocycles. The summed E-state index contributed by atoms with van der Waals surface area (Å²) in [7, 11) is 0. The fourth-order valence-electron chi connectivity index (χ4n) is 1.69. The van der Waals surface area contributed by atoms with Crippen molar-refractivity contribution < 1.29 is 24.5 Å². The first-order valence-electron chi connectivity index (χ1n) is 6.07. The number of thioether (sulfide) groups is 1. The average Bonchev–Trinajstić information content (AvgIpc) is 2.60. The van der Waals surface area contributed by atoms with Crippen molar-refractivity contribution in [1.82, 2.24) is 0 Å². The zero-order valence-electron chi connectivity index (χ0n) is 10.4. The second kappa shape index (κ2) is 6.68. The normalized spacial score (nSPS) is 15.6. The van der Waals surface area contributed by atoms with Gasteiger partial charge in [0.25, 0.3) is 0 Å². The largest absolute Gasteiger partial charge is 0.490 e. The van der Waals surface area contributed by atoms with Crippen LogP contribution in [0.5, 0.6) is 11.5 Å². The Morgan fingerprint density at radius 1 is 1.32 bits per heavy atom. The van der Waals surface area contributed by atoms with Crippen molar-refractivity contribution in [3.8, 4) is 11.5 Å². The van der Waals surface area contributed by atoms with Crippen molar-refractivity contribution in [2.24, 2.45) is 0 Å². The number of carboxylic acids is 1. The van der Waals surface area contributed by atoms with E-state index in [1.807, 2.05) is 18.2 Å². The highest BCUT2D eigenvalue weighted by atomic mass is 32.2. The van der Waals surface area contributed by atoms with Crippen LogP contribution < -0.4 is 9.47 Å². The molecule has 0 amide bonds. The molecule has 0 saturated heterocycles. The van der Waals surface area contributed by atoms with Crippen molar-refractivity contribution in [1.29, 1.82) is 0 Å². The minimum absolute atomic E-state index is 0.239. The van der Waals surface area contributed by atoms with E-state index >= 15 is 0 Å². The maximum absolute atomic E-state index is 10.4. The van der Waals surface area contributed by atoms with E-state index in [4.69, 9.17) is 14.6 Å². The van der Waals surface area contributed by atoms with Gasteiger partial charge in [-0.05, 0) is 18.2 Å². The standard InChI is InChI=1S/C13H16O5S/c14-9(6-13(15)16)8-19-10-2-3-11-12(7-10)18-5-1-4-17-11/h2-3,7,9,14H,1,4-6,8H2,(H,15,16).